The van der Waals surface area contributed by atoms with Crippen molar-refractivity contribution in [2.45, 2.75) is 52.1 Å². The average molecular weight is 428 g/mol. The van der Waals surface area contributed by atoms with Gasteiger partial charge in [0.15, 0.2) is 0 Å². The Morgan fingerprint density at radius 3 is 2.29 bits per heavy atom. The highest BCUT2D eigenvalue weighted by molar-refractivity contribution is 5.89. The van der Waals surface area contributed by atoms with Gasteiger partial charge < -0.3 is 26.2 Å². The number of phenols is 1. The molecule has 1 unspecified atom stereocenters. The summed E-state index contributed by atoms with van der Waals surface area (Å²) in [6.45, 7) is 5.90. The van der Waals surface area contributed by atoms with E-state index in [1.54, 1.807) is 26.2 Å². The molecule has 2 atom stereocenters. The first kappa shape index (κ1) is 24.2. The molecule has 31 heavy (non-hydrogen) atoms. The van der Waals surface area contributed by atoms with Gasteiger partial charge in [0.05, 0.1) is 13.2 Å². The van der Waals surface area contributed by atoms with Crippen LogP contribution in [0.25, 0.3) is 0 Å². The number of hydrogen-bond acceptors (Lipinski definition) is 5. The first-order chi connectivity index (χ1) is 14.7. The molecule has 7 heteroatoms. The fraction of sp³-hybridized carbons (Fsp3) is 0.417. The fourth-order valence-electron chi connectivity index (χ4n) is 3.44. The topological polar surface area (TPSA) is 114 Å². The predicted molar refractivity (Wildman–Crippen MR) is 121 cm³/mol. The van der Waals surface area contributed by atoms with E-state index in [-0.39, 0.29) is 17.6 Å². The monoisotopic (exact) mass is 427 g/mol. The van der Waals surface area contributed by atoms with Crippen molar-refractivity contribution in [3.8, 4) is 11.5 Å². The molecule has 0 saturated carbocycles. The van der Waals surface area contributed by atoms with Gasteiger partial charge in [-0.25, -0.2) is 0 Å². The fourth-order valence-corrected chi connectivity index (χ4v) is 3.44. The van der Waals surface area contributed by atoms with Crippen molar-refractivity contribution < 1.29 is 19.4 Å². The summed E-state index contributed by atoms with van der Waals surface area (Å²) in [6.07, 6.45) is 1.96. The zero-order valence-electron chi connectivity index (χ0n) is 18.7. The van der Waals surface area contributed by atoms with Gasteiger partial charge in [0.1, 0.15) is 17.5 Å². The van der Waals surface area contributed by atoms with Crippen molar-refractivity contribution in [1.29, 1.82) is 0 Å². The van der Waals surface area contributed by atoms with Crippen molar-refractivity contribution in [2.75, 3.05) is 13.7 Å². The number of methoxy groups -OCH3 is 1. The lowest BCUT2D eigenvalue weighted by molar-refractivity contribution is -0.129. The molecule has 2 rings (SSSR count). The number of nitrogens with one attached hydrogen (secondary N) is 2. The highest BCUT2D eigenvalue weighted by Crippen LogP contribution is 2.21. The summed E-state index contributed by atoms with van der Waals surface area (Å²) in [4.78, 5) is 24.7. The van der Waals surface area contributed by atoms with E-state index in [4.69, 9.17) is 10.5 Å². The van der Waals surface area contributed by atoms with Crippen LogP contribution in [0.5, 0.6) is 11.5 Å². The van der Waals surface area contributed by atoms with Crippen LogP contribution in [0.2, 0.25) is 0 Å². The minimum atomic E-state index is -0.785. The normalized spacial score (nSPS) is 12.7. The summed E-state index contributed by atoms with van der Waals surface area (Å²) in [5.41, 5.74) is 9.92. The lowest BCUT2D eigenvalue weighted by Crippen LogP contribution is -2.51. The molecule has 0 aliphatic rings. The van der Waals surface area contributed by atoms with Crippen LogP contribution in [-0.4, -0.2) is 42.7 Å². The number of amides is 2. The number of carbonyl (C=O) groups is 2. The molecule has 5 N–H and O–H groups in total. The summed E-state index contributed by atoms with van der Waals surface area (Å²) in [7, 11) is 1.63. The van der Waals surface area contributed by atoms with Crippen LogP contribution in [0, 0.1) is 13.8 Å². The van der Waals surface area contributed by atoms with Gasteiger partial charge in [-0.05, 0) is 86.6 Å². The van der Waals surface area contributed by atoms with Crippen LogP contribution in [0.1, 0.15) is 35.6 Å². The van der Waals surface area contributed by atoms with Crippen LogP contribution in [0.3, 0.4) is 0 Å². The summed E-state index contributed by atoms with van der Waals surface area (Å²) in [5.74, 6) is 0.379. The van der Waals surface area contributed by atoms with Crippen molar-refractivity contribution in [1.82, 2.24) is 10.6 Å². The molecule has 0 aromatic heterocycles. The van der Waals surface area contributed by atoms with Crippen LogP contribution in [0.4, 0.5) is 0 Å². The molecule has 0 radical (unpaired) electrons. The lowest BCUT2D eigenvalue weighted by Gasteiger charge is -2.19. The molecule has 0 bridgehead atoms. The van der Waals surface area contributed by atoms with Crippen molar-refractivity contribution in [2.24, 2.45) is 5.73 Å². The van der Waals surface area contributed by atoms with Gasteiger partial charge in [0.2, 0.25) is 11.8 Å². The molecular weight excluding hydrogens is 394 g/mol. The van der Waals surface area contributed by atoms with Crippen molar-refractivity contribution >= 4 is 11.8 Å². The quantitative estimate of drug-likeness (QED) is 0.434. The highest BCUT2D eigenvalue weighted by Gasteiger charge is 2.21. The number of benzene rings is 2. The number of aryl methyl sites for hydroxylation is 3. The Morgan fingerprint density at radius 2 is 1.71 bits per heavy atom. The predicted octanol–water partition coefficient (Wildman–Crippen LogP) is 2.14. The first-order valence-corrected chi connectivity index (χ1v) is 10.5. The van der Waals surface area contributed by atoms with Gasteiger partial charge in [0, 0.05) is 6.54 Å². The maximum Gasteiger partial charge on any atom is 0.242 e. The molecular formula is C24H33N3O4. The SMILES string of the molecule is COc1ccc(CCCNC(=O)[C@@H](C)NC(=O)C(N)Cc2c(C)cc(O)cc2C)cc1. The van der Waals surface area contributed by atoms with Crippen molar-refractivity contribution in [3.05, 3.63) is 58.7 Å². The van der Waals surface area contributed by atoms with Gasteiger partial charge in [0.25, 0.3) is 0 Å². The molecule has 7 nitrogen and oxygen atoms in total. The molecule has 168 valence electrons. The minimum Gasteiger partial charge on any atom is -0.508 e. The smallest absolute Gasteiger partial charge is 0.242 e. The van der Waals surface area contributed by atoms with E-state index in [0.29, 0.717) is 13.0 Å². The van der Waals surface area contributed by atoms with Crippen LogP contribution < -0.4 is 21.1 Å². The molecule has 2 amide bonds. The standard InChI is InChI=1S/C24H33N3O4/c1-15-12-19(28)13-16(2)21(15)14-22(25)24(30)27-17(3)23(29)26-11-5-6-18-7-9-20(31-4)10-8-18/h7-10,12-13,17,22,28H,5-6,11,14,25H2,1-4H3,(H,26,29)(H,27,30)/t17-,22?/m1/s1. The molecule has 2 aromatic carbocycles. The minimum absolute atomic E-state index is 0.189. The summed E-state index contributed by atoms with van der Waals surface area (Å²) in [6, 6.07) is 9.66. The molecule has 0 aliphatic carbocycles. The molecule has 0 fully saturated rings. The van der Waals surface area contributed by atoms with E-state index in [1.807, 2.05) is 38.1 Å². The molecule has 0 saturated heterocycles. The second-order valence-corrected chi connectivity index (χ2v) is 7.84. The maximum absolute atomic E-state index is 12.4. The number of aromatic hydroxyl groups is 1. The van der Waals surface area contributed by atoms with Crippen molar-refractivity contribution in [3.63, 3.8) is 0 Å². The van der Waals surface area contributed by atoms with E-state index in [2.05, 4.69) is 10.6 Å². The Kier molecular flexibility index (Phi) is 8.88. The van der Waals surface area contributed by atoms with Gasteiger partial charge in [-0.1, -0.05) is 12.1 Å². The van der Waals surface area contributed by atoms with Gasteiger partial charge >= 0.3 is 0 Å². The van der Waals surface area contributed by atoms with E-state index < -0.39 is 12.1 Å². The molecule has 0 aliphatic heterocycles. The third-order valence-corrected chi connectivity index (χ3v) is 5.29. The van der Waals surface area contributed by atoms with E-state index in [0.717, 1.165) is 35.3 Å². The third-order valence-electron chi connectivity index (χ3n) is 5.29. The number of carbonyl (C=O) groups excluding carboxylic acids is 2. The lowest BCUT2D eigenvalue weighted by atomic mass is 9.96. The Hall–Kier alpha value is -3.06. The maximum atomic E-state index is 12.4. The zero-order chi connectivity index (χ0) is 23.0. The van der Waals surface area contributed by atoms with E-state index in [1.165, 1.54) is 5.56 Å². The largest absolute Gasteiger partial charge is 0.508 e. The zero-order valence-corrected chi connectivity index (χ0v) is 18.7. The highest BCUT2D eigenvalue weighted by atomic mass is 16.5. The Balaban J connectivity index is 1.76. The van der Waals surface area contributed by atoms with Crippen LogP contribution in [0.15, 0.2) is 36.4 Å². The molecule has 0 heterocycles. The van der Waals surface area contributed by atoms with E-state index >= 15 is 0 Å². The number of phenolic OH excluding ortho intramolecular Hbond substituents is 1. The molecule has 0 spiro atoms. The summed E-state index contributed by atoms with van der Waals surface area (Å²) in [5, 5.41) is 15.2. The first-order valence-electron chi connectivity index (χ1n) is 10.5. The van der Waals surface area contributed by atoms with E-state index in [9.17, 15) is 14.7 Å². The average Bonchev–Trinajstić information content (AvgIpc) is 2.73. The van der Waals surface area contributed by atoms with Gasteiger partial charge in [-0.15, -0.1) is 0 Å². The number of ether oxygens (including phenoxy) is 1. The van der Waals surface area contributed by atoms with Gasteiger partial charge in [-0.2, -0.15) is 0 Å². The number of nitrogens with two attached hydrogens (primary N) is 1. The Bertz CT molecular complexity index is 873. The second kappa shape index (κ2) is 11.4. The summed E-state index contributed by atoms with van der Waals surface area (Å²) < 4.78 is 5.14. The Morgan fingerprint density at radius 1 is 1.10 bits per heavy atom. The molecule has 2 aromatic rings. The number of rotatable bonds is 10. The van der Waals surface area contributed by atoms with Crippen LogP contribution >= 0.6 is 0 Å². The Labute approximate surface area is 184 Å². The summed E-state index contributed by atoms with van der Waals surface area (Å²) >= 11 is 0. The number of hydrogen-bond donors (Lipinski definition) is 4. The van der Waals surface area contributed by atoms with Gasteiger partial charge in [-0.3, -0.25) is 9.59 Å². The van der Waals surface area contributed by atoms with Crippen LogP contribution in [-0.2, 0) is 22.4 Å². The third kappa shape index (κ3) is 7.29. The second-order valence-electron chi connectivity index (χ2n) is 7.84.